The van der Waals surface area contributed by atoms with E-state index in [1.54, 1.807) is 18.4 Å². The van der Waals surface area contributed by atoms with Crippen molar-refractivity contribution in [1.82, 2.24) is 4.90 Å². The van der Waals surface area contributed by atoms with Gasteiger partial charge in [-0.3, -0.25) is 0 Å². The fourth-order valence-corrected chi connectivity index (χ4v) is 5.60. The van der Waals surface area contributed by atoms with Crippen LogP contribution in [0.3, 0.4) is 0 Å². The first-order valence-electron chi connectivity index (χ1n) is 11.4. The van der Waals surface area contributed by atoms with Gasteiger partial charge in [0.2, 0.25) is 0 Å². The Labute approximate surface area is 190 Å². The lowest BCUT2D eigenvalue weighted by Gasteiger charge is -2.37. The van der Waals surface area contributed by atoms with Crippen LogP contribution in [-0.4, -0.2) is 36.8 Å². The van der Waals surface area contributed by atoms with E-state index in [2.05, 4.69) is 59.5 Å². The second-order valence-corrected chi connectivity index (χ2v) is 9.49. The summed E-state index contributed by atoms with van der Waals surface area (Å²) in [5.41, 5.74) is 2.79. The fourth-order valence-electron chi connectivity index (χ4n) is 4.85. The van der Waals surface area contributed by atoms with Crippen LogP contribution in [0.2, 0.25) is 0 Å². The molecule has 0 spiro atoms. The van der Waals surface area contributed by atoms with Crippen molar-refractivity contribution in [3.8, 4) is 5.75 Å². The number of ether oxygens (including phenoxy) is 1. The van der Waals surface area contributed by atoms with Gasteiger partial charge in [-0.1, -0.05) is 48.5 Å². The molecule has 0 bridgehead atoms. The number of nitrogens with zero attached hydrogens (tertiary/aromatic N) is 1. The van der Waals surface area contributed by atoms with Gasteiger partial charge in [0.25, 0.3) is 0 Å². The second-order valence-electron chi connectivity index (χ2n) is 8.51. The summed E-state index contributed by atoms with van der Waals surface area (Å²) in [7, 11) is 1.72. The van der Waals surface area contributed by atoms with E-state index in [9.17, 15) is 5.11 Å². The van der Waals surface area contributed by atoms with Gasteiger partial charge in [0.05, 0.1) is 13.2 Å². The quantitative estimate of drug-likeness (QED) is 0.440. The van der Waals surface area contributed by atoms with E-state index in [1.807, 2.05) is 17.5 Å². The molecule has 4 heteroatoms. The van der Waals surface area contributed by atoms with Gasteiger partial charge in [0.1, 0.15) is 5.75 Å². The van der Waals surface area contributed by atoms with E-state index in [-0.39, 0.29) is 6.10 Å². The van der Waals surface area contributed by atoms with Crippen LogP contribution in [0.15, 0.2) is 72.1 Å². The number of aliphatic hydroxyl groups is 1. The molecule has 2 aromatic carbocycles. The molecule has 0 aliphatic carbocycles. The molecule has 0 amide bonds. The maximum absolute atomic E-state index is 10.3. The lowest BCUT2D eigenvalue weighted by molar-refractivity contribution is 0.142. The van der Waals surface area contributed by atoms with Crippen LogP contribution in [-0.2, 0) is 0 Å². The molecular weight excluding hydrogens is 402 g/mol. The Hall–Kier alpha value is -2.14. The molecule has 3 aromatic rings. The molecule has 2 atom stereocenters. The van der Waals surface area contributed by atoms with Crippen molar-refractivity contribution >= 4 is 11.3 Å². The molecule has 3 nitrogen and oxygen atoms in total. The van der Waals surface area contributed by atoms with E-state index in [1.165, 1.54) is 24.0 Å². The van der Waals surface area contributed by atoms with E-state index in [4.69, 9.17) is 4.74 Å². The van der Waals surface area contributed by atoms with Crippen molar-refractivity contribution in [2.45, 2.75) is 37.7 Å². The molecular formula is C27H33NO2S. The maximum Gasteiger partial charge on any atom is 0.118 e. The highest BCUT2D eigenvalue weighted by molar-refractivity contribution is 7.10. The first-order chi connectivity index (χ1) is 15.2. The molecule has 4 rings (SSSR count). The average Bonchev–Trinajstić information content (AvgIpc) is 3.37. The van der Waals surface area contributed by atoms with Gasteiger partial charge in [-0.25, -0.2) is 0 Å². The molecule has 0 saturated carbocycles. The smallest absolute Gasteiger partial charge is 0.118 e. The van der Waals surface area contributed by atoms with Gasteiger partial charge in [0.15, 0.2) is 0 Å². The average molecular weight is 436 g/mol. The van der Waals surface area contributed by atoms with Crippen molar-refractivity contribution in [1.29, 1.82) is 0 Å². The first kappa shape index (κ1) is 22.1. The van der Waals surface area contributed by atoms with Crippen molar-refractivity contribution in [3.05, 3.63) is 88.1 Å². The summed E-state index contributed by atoms with van der Waals surface area (Å²) < 4.78 is 5.37. The topological polar surface area (TPSA) is 32.7 Å². The zero-order chi connectivity index (χ0) is 21.5. The van der Waals surface area contributed by atoms with Gasteiger partial charge in [0, 0.05) is 10.8 Å². The van der Waals surface area contributed by atoms with Crippen molar-refractivity contribution in [2.24, 2.45) is 5.92 Å². The van der Waals surface area contributed by atoms with Crippen LogP contribution in [0.5, 0.6) is 5.75 Å². The van der Waals surface area contributed by atoms with Gasteiger partial charge >= 0.3 is 0 Å². The van der Waals surface area contributed by atoms with E-state index in [0.29, 0.717) is 11.8 Å². The SMILES string of the molecule is COc1ccc(C(c2ccccc2)C2CCN(CCCC(O)c3cccs3)CC2)cc1. The lowest BCUT2D eigenvalue weighted by atomic mass is 9.76. The third-order valence-electron chi connectivity index (χ3n) is 6.56. The normalized spacial score (nSPS) is 17.4. The highest BCUT2D eigenvalue weighted by Crippen LogP contribution is 2.38. The predicted octanol–water partition coefficient (Wildman–Crippen LogP) is 6.11. The predicted molar refractivity (Wildman–Crippen MR) is 129 cm³/mol. The molecule has 1 N–H and O–H groups in total. The van der Waals surface area contributed by atoms with Gasteiger partial charge in [-0.2, -0.15) is 0 Å². The summed E-state index contributed by atoms with van der Waals surface area (Å²) >= 11 is 1.65. The van der Waals surface area contributed by atoms with Crippen LogP contribution in [0.4, 0.5) is 0 Å². The number of hydrogen-bond donors (Lipinski definition) is 1. The highest BCUT2D eigenvalue weighted by atomic mass is 32.1. The number of aliphatic hydroxyl groups excluding tert-OH is 1. The molecule has 1 aromatic heterocycles. The molecule has 2 heterocycles. The van der Waals surface area contributed by atoms with Crippen molar-refractivity contribution < 1.29 is 9.84 Å². The zero-order valence-electron chi connectivity index (χ0n) is 18.3. The summed E-state index contributed by atoms with van der Waals surface area (Å²) in [6.45, 7) is 3.35. The summed E-state index contributed by atoms with van der Waals surface area (Å²) in [4.78, 5) is 3.66. The Morgan fingerprint density at radius 2 is 1.68 bits per heavy atom. The Morgan fingerprint density at radius 3 is 2.32 bits per heavy atom. The fraction of sp³-hybridized carbons (Fsp3) is 0.407. The molecule has 2 unspecified atom stereocenters. The molecule has 1 saturated heterocycles. The Morgan fingerprint density at radius 1 is 0.968 bits per heavy atom. The van der Waals surface area contributed by atoms with Crippen molar-refractivity contribution in [3.63, 3.8) is 0 Å². The van der Waals surface area contributed by atoms with Crippen LogP contribution >= 0.6 is 11.3 Å². The summed E-state index contributed by atoms with van der Waals surface area (Å²) in [5.74, 6) is 1.98. The summed E-state index contributed by atoms with van der Waals surface area (Å²) in [6, 6.07) is 23.6. The number of methoxy groups -OCH3 is 1. The Bertz CT molecular complexity index is 887. The number of benzene rings is 2. The highest BCUT2D eigenvalue weighted by Gasteiger charge is 2.29. The molecule has 1 aliphatic heterocycles. The van der Waals surface area contributed by atoms with Crippen LogP contribution in [0.1, 0.15) is 53.7 Å². The number of piperidine rings is 1. The van der Waals surface area contributed by atoms with Gasteiger partial charge < -0.3 is 14.7 Å². The molecule has 164 valence electrons. The standard InChI is InChI=1S/C27H33NO2S/c1-30-24-13-11-22(12-14-24)27(21-7-3-2-4-8-21)23-15-18-28(19-16-23)17-5-9-25(29)26-10-6-20-31-26/h2-4,6-8,10-14,20,23,25,27,29H,5,9,15-19H2,1H3. The minimum Gasteiger partial charge on any atom is -0.497 e. The number of rotatable bonds is 9. The Kier molecular flexibility index (Phi) is 7.79. The number of thiophene rings is 1. The van der Waals surface area contributed by atoms with Crippen LogP contribution in [0.25, 0.3) is 0 Å². The van der Waals surface area contributed by atoms with Gasteiger partial charge in [-0.15, -0.1) is 11.3 Å². The second kappa shape index (κ2) is 10.9. The zero-order valence-corrected chi connectivity index (χ0v) is 19.1. The number of likely N-dealkylation sites (tertiary alicyclic amines) is 1. The third-order valence-corrected chi connectivity index (χ3v) is 7.53. The molecule has 31 heavy (non-hydrogen) atoms. The molecule has 1 aliphatic rings. The maximum atomic E-state index is 10.3. The first-order valence-corrected chi connectivity index (χ1v) is 12.3. The van der Waals surface area contributed by atoms with E-state index in [0.717, 1.165) is 43.1 Å². The van der Waals surface area contributed by atoms with Crippen molar-refractivity contribution in [2.75, 3.05) is 26.7 Å². The van der Waals surface area contributed by atoms with E-state index < -0.39 is 0 Å². The number of hydrogen-bond acceptors (Lipinski definition) is 4. The summed E-state index contributed by atoms with van der Waals surface area (Å²) in [6.07, 6.45) is 4.00. The minimum absolute atomic E-state index is 0.310. The largest absolute Gasteiger partial charge is 0.497 e. The van der Waals surface area contributed by atoms with Crippen LogP contribution < -0.4 is 4.74 Å². The minimum atomic E-state index is -0.310. The molecule has 0 radical (unpaired) electrons. The Balaban J connectivity index is 1.35. The van der Waals surface area contributed by atoms with E-state index >= 15 is 0 Å². The van der Waals surface area contributed by atoms with Crippen LogP contribution in [0, 0.1) is 5.92 Å². The summed E-state index contributed by atoms with van der Waals surface area (Å²) in [5, 5.41) is 12.4. The third kappa shape index (κ3) is 5.76. The molecule has 1 fully saturated rings. The monoisotopic (exact) mass is 435 g/mol. The lowest BCUT2D eigenvalue weighted by Crippen LogP contribution is -2.36. The van der Waals surface area contributed by atoms with Gasteiger partial charge in [-0.05, 0) is 85.9 Å².